The van der Waals surface area contributed by atoms with E-state index in [1.165, 1.54) is 33.2 Å². The van der Waals surface area contributed by atoms with Gasteiger partial charge in [0.1, 0.15) is 22.8 Å². The van der Waals surface area contributed by atoms with E-state index in [1.54, 1.807) is 0 Å². The van der Waals surface area contributed by atoms with E-state index in [0.717, 1.165) is 77.3 Å². The first-order chi connectivity index (χ1) is 26.9. The van der Waals surface area contributed by atoms with Crippen molar-refractivity contribution in [2.75, 3.05) is 0 Å². The Kier molecular flexibility index (Phi) is 6.84. The van der Waals surface area contributed by atoms with Crippen molar-refractivity contribution in [3.05, 3.63) is 151 Å². The summed E-state index contributed by atoms with van der Waals surface area (Å²) in [6.07, 6.45) is 3.78. The number of imidazole rings is 2. The molecule has 0 saturated carbocycles. The predicted molar refractivity (Wildman–Crippen MR) is 227 cm³/mol. The summed E-state index contributed by atoms with van der Waals surface area (Å²) in [5.41, 5.74) is 13.4. The topological polar surface area (TPSA) is 56.7 Å². The maximum Gasteiger partial charge on any atom is 0.146 e. The highest BCUT2D eigenvalue weighted by Gasteiger charge is 2.22. The highest BCUT2D eigenvalue weighted by molar-refractivity contribution is 6.18. The van der Waals surface area contributed by atoms with Crippen LogP contribution >= 0.6 is 0 Å². The van der Waals surface area contributed by atoms with Crippen LogP contribution in [0.4, 0.5) is 0 Å². The van der Waals surface area contributed by atoms with Crippen LogP contribution in [0.15, 0.2) is 140 Å². The van der Waals surface area contributed by atoms with Crippen molar-refractivity contribution in [1.29, 1.82) is 0 Å². The van der Waals surface area contributed by atoms with Gasteiger partial charge in [-0.25, -0.2) is 9.97 Å². The zero-order valence-electron chi connectivity index (χ0n) is 31.1. The van der Waals surface area contributed by atoms with E-state index in [9.17, 15) is 0 Å². The second-order valence-corrected chi connectivity index (χ2v) is 15.3. The van der Waals surface area contributed by atoms with Gasteiger partial charge >= 0.3 is 0 Å². The van der Waals surface area contributed by atoms with Crippen LogP contribution < -0.4 is 4.74 Å². The molecule has 0 spiro atoms. The van der Waals surface area contributed by atoms with Crippen molar-refractivity contribution in [1.82, 2.24) is 23.8 Å². The minimum atomic E-state index is 0.369. The van der Waals surface area contributed by atoms with Gasteiger partial charge in [0.15, 0.2) is 0 Å². The van der Waals surface area contributed by atoms with Crippen LogP contribution in [0.25, 0.3) is 87.8 Å². The first-order valence-electron chi connectivity index (χ1n) is 19.1. The average Bonchev–Trinajstić information content (AvgIpc) is 3.80. The normalized spacial score (nSPS) is 12.3. The lowest BCUT2D eigenvalue weighted by atomic mass is 9.84. The lowest BCUT2D eigenvalue weighted by Crippen LogP contribution is -2.02. The third-order valence-corrected chi connectivity index (χ3v) is 11.3. The van der Waals surface area contributed by atoms with Gasteiger partial charge in [-0.1, -0.05) is 88.4 Å². The van der Waals surface area contributed by atoms with E-state index in [2.05, 4.69) is 157 Å². The molecule has 0 saturated heterocycles. The Balaban J connectivity index is 1.14. The molecule has 6 aromatic carbocycles. The number of hydrogen-bond acceptors (Lipinski definition) is 4. The van der Waals surface area contributed by atoms with Gasteiger partial charge in [0, 0.05) is 39.5 Å². The van der Waals surface area contributed by atoms with Crippen LogP contribution in [-0.4, -0.2) is 23.8 Å². The summed E-state index contributed by atoms with van der Waals surface area (Å²) in [5, 5.41) is 6.54. The van der Waals surface area contributed by atoms with Gasteiger partial charge in [-0.15, -0.1) is 0 Å². The van der Waals surface area contributed by atoms with Crippen molar-refractivity contribution >= 4 is 76.7 Å². The molecule has 6 nitrogen and oxygen atoms in total. The van der Waals surface area contributed by atoms with Crippen LogP contribution in [0.3, 0.4) is 0 Å². The number of fused-ring (bicyclic) bond motifs is 16. The van der Waals surface area contributed by atoms with Crippen LogP contribution in [0, 0.1) is 0 Å². The minimum Gasteiger partial charge on any atom is -0.457 e. The third-order valence-electron chi connectivity index (χ3n) is 11.3. The molecule has 0 unspecified atom stereocenters. The van der Waals surface area contributed by atoms with E-state index >= 15 is 0 Å². The van der Waals surface area contributed by atoms with Crippen molar-refractivity contribution in [3.8, 4) is 22.6 Å². The number of aromatic nitrogens is 5. The largest absolute Gasteiger partial charge is 0.457 e. The van der Waals surface area contributed by atoms with Gasteiger partial charge in [0.2, 0.25) is 0 Å². The summed E-state index contributed by atoms with van der Waals surface area (Å²) in [4.78, 5) is 14.9. The molecule has 0 N–H and O–H groups in total. The molecule has 0 aliphatic heterocycles. The molecule has 0 bridgehead atoms. The van der Waals surface area contributed by atoms with Gasteiger partial charge in [0.05, 0.1) is 33.1 Å². The molecular weight excluding hydrogens is 675 g/mol. The van der Waals surface area contributed by atoms with E-state index in [-0.39, 0.29) is 0 Å². The predicted octanol–water partition coefficient (Wildman–Crippen LogP) is 13.0. The fourth-order valence-electron chi connectivity index (χ4n) is 8.89. The maximum atomic E-state index is 6.75. The third kappa shape index (κ3) is 4.64. The lowest BCUT2D eigenvalue weighted by Gasteiger charge is -2.22. The summed E-state index contributed by atoms with van der Waals surface area (Å²) < 4.78 is 11.4. The van der Waals surface area contributed by atoms with Crippen LogP contribution in [0.2, 0.25) is 0 Å². The summed E-state index contributed by atoms with van der Waals surface area (Å²) in [7, 11) is 0. The highest BCUT2D eigenvalue weighted by Crippen LogP contribution is 2.44. The summed E-state index contributed by atoms with van der Waals surface area (Å²) in [6, 6.07) is 45.1. The Morgan fingerprint density at radius 2 is 1.07 bits per heavy atom. The second-order valence-electron chi connectivity index (χ2n) is 15.3. The van der Waals surface area contributed by atoms with E-state index in [0.29, 0.717) is 11.8 Å². The fourth-order valence-corrected chi connectivity index (χ4v) is 8.89. The monoisotopic (exact) mass is 711 g/mol. The standard InChI is InChI=1S/C49H37N5O/c1-28(2)32-11-9-12-33(29(3)4)46(32)37-14-10-13-36-34-21-19-30(25-38(34)49-52-42-16-6-8-18-45(42)54(49)47(36)37)55-31-20-22-35-39(26-31)48-51-41-15-5-7-17-44(41)53(48)43-23-24-50-27-40(35)43/h5-29H,1-4H3. The number of para-hydroxylation sites is 5. The number of hydrogen-bond donors (Lipinski definition) is 0. The SMILES string of the molecule is CC(C)c1cccc(C(C)C)c1-c1cccc2c3ccc(Oc4ccc5c6cnccc6n6c7ccccc7nc6c5c4)cc3c3nc4ccccc4n3c12. The zero-order chi connectivity index (χ0) is 36.9. The molecule has 5 heterocycles. The van der Waals surface area contributed by atoms with E-state index in [4.69, 9.17) is 14.7 Å². The Morgan fingerprint density at radius 3 is 1.73 bits per heavy atom. The molecule has 5 aromatic heterocycles. The second kappa shape index (κ2) is 11.9. The molecule has 0 aliphatic rings. The number of benzene rings is 6. The minimum absolute atomic E-state index is 0.369. The molecule has 0 atom stereocenters. The van der Waals surface area contributed by atoms with Crippen LogP contribution in [0.5, 0.6) is 11.5 Å². The molecular formula is C49H37N5O. The lowest BCUT2D eigenvalue weighted by molar-refractivity contribution is 0.484. The van der Waals surface area contributed by atoms with Gasteiger partial charge in [-0.2, -0.15) is 0 Å². The van der Waals surface area contributed by atoms with Crippen molar-refractivity contribution in [3.63, 3.8) is 0 Å². The molecule has 0 radical (unpaired) electrons. The molecule has 11 aromatic rings. The van der Waals surface area contributed by atoms with Gasteiger partial charge < -0.3 is 4.74 Å². The average molecular weight is 712 g/mol. The molecule has 6 heteroatoms. The van der Waals surface area contributed by atoms with Crippen LogP contribution in [0.1, 0.15) is 50.7 Å². The summed E-state index contributed by atoms with van der Waals surface area (Å²) >= 11 is 0. The van der Waals surface area contributed by atoms with Crippen molar-refractivity contribution < 1.29 is 4.74 Å². The number of rotatable bonds is 5. The number of pyridine rings is 3. The molecule has 0 fully saturated rings. The molecule has 0 amide bonds. The number of ether oxygens (including phenoxy) is 1. The highest BCUT2D eigenvalue weighted by atomic mass is 16.5. The van der Waals surface area contributed by atoms with Crippen LogP contribution in [-0.2, 0) is 0 Å². The first-order valence-corrected chi connectivity index (χ1v) is 19.1. The van der Waals surface area contributed by atoms with E-state index in [1.807, 2.05) is 24.5 Å². The zero-order valence-corrected chi connectivity index (χ0v) is 31.1. The maximum absolute atomic E-state index is 6.75. The van der Waals surface area contributed by atoms with Gasteiger partial charge in [-0.3, -0.25) is 13.8 Å². The molecule has 0 aliphatic carbocycles. The Labute approximate surface area is 317 Å². The Hall–Kier alpha value is -6.79. The summed E-state index contributed by atoms with van der Waals surface area (Å²) in [6.45, 7) is 9.17. The molecule has 11 rings (SSSR count). The fraction of sp³-hybridized carbons (Fsp3) is 0.122. The smallest absolute Gasteiger partial charge is 0.146 e. The van der Waals surface area contributed by atoms with Gasteiger partial charge in [0.25, 0.3) is 0 Å². The number of nitrogens with zero attached hydrogens (tertiary/aromatic N) is 5. The molecule has 264 valence electrons. The summed E-state index contributed by atoms with van der Waals surface area (Å²) in [5.74, 6) is 2.22. The van der Waals surface area contributed by atoms with E-state index < -0.39 is 0 Å². The quantitative estimate of drug-likeness (QED) is 0.167. The first kappa shape index (κ1) is 31.7. The van der Waals surface area contributed by atoms with Gasteiger partial charge in [-0.05, 0) is 106 Å². The van der Waals surface area contributed by atoms with Crippen molar-refractivity contribution in [2.24, 2.45) is 0 Å². The Morgan fingerprint density at radius 1 is 0.491 bits per heavy atom. The Bertz CT molecular complexity index is 3340. The van der Waals surface area contributed by atoms with Crippen molar-refractivity contribution in [2.45, 2.75) is 39.5 Å². The molecule has 55 heavy (non-hydrogen) atoms.